The number of hydrogen-bond donors (Lipinski definition) is 1. The van der Waals surface area contributed by atoms with Gasteiger partial charge in [0.2, 0.25) is 0 Å². The Labute approximate surface area is 119 Å². The molecule has 19 heavy (non-hydrogen) atoms. The molecule has 1 heteroatoms. The minimum atomic E-state index is 0.498. The fourth-order valence-corrected chi connectivity index (χ4v) is 2.78. The van der Waals surface area contributed by atoms with E-state index < -0.39 is 0 Å². The normalized spacial score (nSPS) is 11.2. The van der Waals surface area contributed by atoms with E-state index in [1.807, 2.05) is 12.1 Å². The highest BCUT2D eigenvalue weighted by Crippen LogP contribution is 2.26. The number of rotatable bonds is 9. The lowest BCUT2D eigenvalue weighted by atomic mass is 9.92. The van der Waals surface area contributed by atoms with Gasteiger partial charge >= 0.3 is 0 Å². The second kappa shape index (κ2) is 9.01. The van der Waals surface area contributed by atoms with E-state index in [0.717, 1.165) is 18.8 Å². The van der Waals surface area contributed by atoms with E-state index in [9.17, 15) is 5.11 Å². The van der Waals surface area contributed by atoms with Crippen LogP contribution in [-0.4, -0.2) is 5.11 Å². The smallest absolute Gasteiger partial charge is 0.119 e. The Balaban J connectivity index is 2.60. The summed E-state index contributed by atoms with van der Waals surface area (Å²) in [7, 11) is 0. The molecule has 1 aromatic carbocycles. The molecule has 108 valence electrons. The van der Waals surface area contributed by atoms with Crippen LogP contribution in [-0.2, 0) is 12.8 Å². The molecule has 0 aliphatic heterocycles. The Bertz CT molecular complexity index is 353. The Morgan fingerprint density at radius 3 is 2.37 bits per heavy atom. The second-order valence-electron chi connectivity index (χ2n) is 5.59. The van der Waals surface area contributed by atoms with Gasteiger partial charge in [0.15, 0.2) is 0 Å². The van der Waals surface area contributed by atoms with E-state index in [2.05, 4.69) is 26.8 Å². The van der Waals surface area contributed by atoms with Crippen molar-refractivity contribution < 1.29 is 5.11 Å². The van der Waals surface area contributed by atoms with E-state index >= 15 is 0 Å². The molecule has 0 saturated heterocycles. The van der Waals surface area contributed by atoms with Gasteiger partial charge in [0.1, 0.15) is 5.75 Å². The molecule has 0 fully saturated rings. The van der Waals surface area contributed by atoms with Crippen LogP contribution in [0.1, 0.15) is 70.4 Å². The quantitative estimate of drug-likeness (QED) is 0.623. The molecule has 0 amide bonds. The zero-order valence-electron chi connectivity index (χ0n) is 12.9. The van der Waals surface area contributed by atoms with E-state index in [1.165, 1.54) is 49.7 Å². The highest BCUT2D eigenvalue weighted by atomic mass is 16.3. The number of hydrogen-bond acceptors (Lipinski definition) is 1. The fraction of sp³-hybridized carbons (Fsp3) is 0.667. The zero-order valence-corrected chi connectivity index (χ0v) is 12.9. The lowest BCUT2D eigenvalue weighted by molar-refractivity contribution is 0.433. The molecule has 0 heterocycles. The molecule has 0 radical (unpaired) electrons. The van der Waals surface area contributed by atoms with Gasteiger partial charge in [-0.05, 0) is 48.8 Å². The fourth-order valence-electron chi connectivity index (χ4n) is 2.78. The predicted molar refractivity (Wildman–Crippen MR) is 83.7 cm³/mol. The summed E-state index contributed by atoms with van der Waals surface area (Å²) in [6.45, 7) is 6.78. The standard InChI is InChI=1S/C18H30O/c1-4-7-11-16-12-9-14-18(19)17(16)13-8-10-15(5-2)6-3/h9,12,14-15,19H,4-8,10-11,13H2,1-3H3. The van der Waals surface area contributed by atoms with Crippen molar-refractivity contribution in [3.63, 3.8) is 0 Å². The highest BCUT2D eigenvalue weighted by molar-refractivity contribution is 5.39. The first-order valence-electron chi connectivity index (χ1n) is 8.02. The van der Waals surface area contributed by atoms with Crippen LogP contribution in [0.2, 0.25) is 0 Å². The monoisotopic (exact) mass is 262 g/mol. The lowest BCUT2D eigenvalue weighted by Gasteiger charge is -2.14. The van der Waals surface area contributed by atoms with Crippen molar-refractivity contribution >= 4 is 0 Å². The summed E-state index contributed by atoms with van der Waals surface area (Å²) in [6.07, 6.45) is 9.59. The number of phenolic OH excluding ortho intramolecular Hbond substituents is 1. The van der Waals surface area contributed by atoms with Crippen LogP contribution < -0.4 is 0 Å². The van der Waals surface area contributed by atoms with Crippen LogP contribution in [0.4, 0.5) is 0 Å². The minimum absolute atomic E-state index is 0.498. The Morgan fingerprint density at radius 2 is 1.74 bits per heavy atom. The van der Waals surface area contributed by atoms with Crippen LogP contribution in [0.5, 0.6) is 5.75 Å². The van der Waals surface area contributed by atoms with Crippen molar-refractivity contribution in [2.24, 2.45) is 5.92 Å². The molecular formula is C18H30O. The molecule has 0 aliphatic carbocycles. The molecule has 1 nitrogen and oxygen atoms in total. The molecule has 0 unspecified atom stereocenters. The van der Waals surface area contributed by atoms with Gasteiger partial charge in [-0.25, -0.2) is 0 Å². The third-order valence-corrected chi connectivity index (χ3v) is 4.24. The Kier molecular flexibility index (Phi) is 7.62. The van der Waals surface area contributed by atoms with Gasteiger partial charge in [-0.3, -0.25) is 0 Å². The van der Waals surface area contributed by atoms with Gasteiger partial charge in [-0.15, -0.1) is 0 Å². The molecule has 1 N–H and O–H groups in total. The van der Waals surface area contributed by atoms with Gasteiger partial charge in [0, 0.05) is 0 Å². The summed E-state index contributed by atoms with van der Waals surface area (Å²) in [6, 6.07) is 5.99. The molecule has 0 aliphatic rings. The van der Waals surface area contributed by atoms with Crippen LogP contribution >= 0.6 is 0 Å². The number of unbranched alkanes of at least 4 members (excludes halogenated alkanes) is 1. The van der Waals surface area contributed by atoms with Crippen LogP contribution in [0, 0.1) is 5.92 Å². The first kappa shape index (κ1) is 16.1. The minimum Gasteiger partial charge on any atom is -0.508 e. The zero-order chi connectivity index (χ0) is 14.1. The van der Waals surface area contributed by atoms with Crippen molar-refractivity contribution in [2.45, 2.75) is 72.1 Å². The summed E-state index contributed by atoms with van der Waals surface area (Å²) in [5, 5.41) is 10.1. The molecule has 0 saturated carbocycles. The van der Waals surface area contributed by atoms with Crippen LogP contribution in [0.15, 0.2) is 18.2 Å². The van der Waals surface area contributed by atoms with Crippen molar-refractivity contribution in [1.82, 2.24) is 0 Å². The maximum atomic E-state index is 10.1. The van der Waals surface area contributed by atoms with Crippen molar-refractivity contribution in [3.05, 3.63) is 29.3 Å². The first-order valence-corrected chi connectivity index (χ1v) is 8.02. The van der Waals surface area contributed by atoms with Gasteiger partial charge in [-0.1, -0.05) is 58.6 Å². The molecule has 0 aromatic heterocycles. The molecule has 0 spiro atoms. The topological polar surface area (TPSA) is 20.2 Å². The van der Waals surface area contributed by atoms with Crippen molar-refractivity contribution in [1.29, 1.82) is 0 Å². The van der Waals surface area contributed by atoms with Crippen LogP contribution in [0.25, 0.3) is 0 Å². The van der Waals surface area contributed by atoms with E-state index in [1.54, 1.807) is 0 Å². The lowest BCUT2D eigenvalue weighted by Crippen LogP contribution is -2.00. The third kappa shape index (κ3) is 5.26. The number of aryl methyl sites for hydroxylation is 1. The van der Waals surface area contributed by atoms with E-state index in [0.29, 0.717) is 5.75 Å². The van der Waals surface area contributed by atoms with Gasteiger partial charge < -0.3 is 5.11 Å². The maximum Gasteiger partial charge on any atom is 0.119 e. The van der Waals surface area contributed by atoms with Crippen molar-refractivity contribution in [2.75, 3.05) is 0 Å². The first-order chi connectivity index (χ1) is 9.22. The van der Waals surface area contributed by atoms with Gasteiger partial charge in [0.05, 0.1) is 0 Å². The van der Waals surface area contributed by atoms with E-state index in [4.69, 9.17) is 0 Å². The highest BCUT2D eigenvalue weighted by Gasteiger charge is 2.09. The summed E-state index contributed by atoms with van der Waals surface area (Å²) >= 11 is 0. The average Bonchev–Trinajstić information content (AvgIpc) is 2.43. The number of benzene rings is 1. The third-order valence-electron chi connectivity index (χ3n) is 4.24. The molecule has 1 aromatic rings. The summed E-state index contributed by atoms with van der Waals surface area (Å²) in [5.41, 5.74) is 2.55. The van der Waals surface area contributed by atoms with Gasteiger partial charge in [-0.2, -0.15) is 0 Å². The average molecular weight is 262 g/mol. The maximum absolute atomic E-state index is 10.1. The molecule has 0 atom stereocenters. The Hall–Kier alpha value is -0.980. The van der Waals surface area contributed by atoms with Gasteiger partial charge in [0.25, 0.3) is 0 Å². The summed E-state index contributed by atoms with van der Waals surface area (Å²) in [5.74, 6) is 1.35. The molecule has 1 rings (SSSR count). The summed E-state index contributed by atoms with van der Waals surface area (Å²) in [4.78, 5) is 0. The molecular weight excluding hydrogens is 232 g/mol. The van der Waals surface area contributed by atoms with E-state index in [-0.39, 0.29) is 0 Å². The summed E-state index contributed by atoms with van der Waals surface area (Å²) < 4.78 is 0. The number of aromatic hydroxyl groups is 1. The second-order valence-corrected chi connectivity index (χ2v) is 5.59. The van der Waals surface area contributed by atoms with Crippen molar-refractivity contribution in [3.8, 4) is 5.75 Å². The molecule has 0 bridgehead atoms. The Morgan fingerprint density at radius 1 is 1.00 bits per heavy atom. The number of phenols is 1. The van der Waals surface area contributed by atoms with Crippen LogP contribution in [0.3, 0.4) is 0 Å². The SMILES string of the molecule is CCCCc1cccc(O)c1CCCC(CC)CC. The predicted octanol–water partition coefficient (Wildman–Crippen LogP) is 5.49. The largest absolute Gasteiger partial charge is 0.508 e.